The monoisotopic (exact) mass is 456 g/mol. The van der Waals surface area contributed by atoms with E-state index >= 15 is 0 Å². The molecule has 0 aromatic heterocycles. The highest BCUT2D eigenvalue weighted by Gasteiger charge is 2.54. The van der Waals surface area contributed by atoms with E-state index in [-0.39, 0.29) is 18.4 Å². The Morgan fingerprint density at radius 1 is 0.938 bits per heavy atom. The van der Waals surface area contributed by atoms with Gasteiger partial charge in [0.2, 0.25) is 0 Å². The van der Waals surface area contributed by atoms with E-state index in [1.165, 1.54) is 0 Å². The number of carbonyl (C=O) groups excluding carboxylic acids is 1. The highest BCUT2D eigenvalue weighted by atomic mass is 31.2. The van der Waals surface area contributed by atoms with E-state index in [1.54, 1.807) is 6.92 Å². The standard InChI is InChI=1S/C25H34BO5P/c1-6-23(27)29-18-17-20(26-30-24(2,3)25(4,5)31-26)19-32(28,21-13-9-7-10-14-21)22-15-11-8-12-16-22/h7-16,20H,6,17-19H2,1-5H3/t20-/m1/s1. The molecule has 2 aromatic carbocycles. The Labute approximate surface area is 192 Å². The van der Waals surface area contributed by atoms with Crippen molar-refractivity contribution in [2.45, 2.75) is 64.5 Å². The third-order valence-corrected chi connectivity index (χ3v) is 9.78. The van der Waals surface area contributed by atoms with Crippen LogP contribution < -0.4 is 10.6 Å². The van der Waals surface area contributed by atoms with Crippen molar-refractivity contribution in [2.24, 2.45) is 0 Å². The summed E-state index contributed by atoms with van der Waals surface area (Å²) in [5.41, 5.74) is -1.00. The van der Waals surface area contributed by atoms with E-state index in [2.05, 4.69) is 0 Å². The number of esters is 1. The van der Waals surface area contributed by atoms with Crippen LogP contribution in [-0.2, 0) is 23.4 Å². The van der Waals surface area contributed by atoms with E-state index in [0.29, 0.717) is 19.0 Å². The number of hydrogen-bond acceptors (Lipinski definition) is 5. The maximum Gasteiger partial charge on any atom is 0.461 e. The van der Waals surface area contributed by atoms with E-state index in [9.17, 15) is 9.36 Å². The second-order valence-electron chi connectivity index (χ2n) is 9.34. The Morgan fingerprint density at radius 2 is 1.41 bits per heavy atom. The van der Waals surface area contributed by atoms with Gasteiger partial charge in [-0.1, -0.05) is 67.6 Å². The Bertz CT molecular complexity index is 886. The SMILES string of the molecule is CCC(=O)OCC[C@H](CP(=O)(c1ccccc1)c1ccccc1)B1OC(C)(C)C(C)(C)O1. The molecule has 1 aliphatic rings. The van der Waals surface area contributed by atoms with Crippen molar-refractivity contribution in [3.8, 4) is 0 Å². The van der Waals surface area contributed by atoms with Crippen molar-refractivity contribution >= 4 is 30.8 Å². The van der Waals surface area contributed by atoms with Crippen LogP contribution in [0.15, 0.2) is 60.7 Å². The molecule has 0 N–H and O–H groups in total. The lowest BCUT2D eigenvalue weighted by Gasteiger charge is -2.32. The van der Waals surface area contributed by atoms with Crippen LogP contribution in [0.2, 0.25) is 5.82 Å². The molecule has 32 heavy (non-hydrogen) atoms. The van der Waals surface area contributed by atoms with Gasteiger partial charge in [0.25, 0.3) is 0 Å². The summed E-state index contributed by atoms with van der Waals surface area (Å²) in [6, 6.07) is 19.2. The Kier molecular flexibility index (Phi) is 7.70. The molecular formula is C25H34BO5P. The molecule has 0 amide bonds. The second-order valence-corrected chi connectivity index (χ2v) is 12.2. The van der Waals surface area contributed by atoms with E-state index < -0.39 is 25.5 Å². The summed E-state index contributed by atoms with van der Waals surface area (Å²) in [4.78, 5) is 11.7. The average molecular weight is 456 g/mol. The summed E-state index contributed by atoms with van der Waals surface area (Å²) in [6.07, 6.45) is 1.20. The van der Waals surface area contributed by atoms with Gasteiger partial charge >= 0.3 is 13.1 Å². The summed E-state index contributed by atoms with van der Waals surface area (Å²) in [7, 11) is -3.53. The normalized spacial score (nSPS) is 18.3. The Hall–Kier alpha value is -1.88. The maximum absolute atomic E-state index is 14.6. The molecule has 0 bridgehead atoms. The fourth-order valence-electron chi connectivity index (χ4n) is 3.85. The van der Waals surface area contributed by atoms with Gasteiger partial charge in [-0.25, -0.2) is 0 Å². The summed E-state index contributed by atoms with van der Waals surface area (Å²) in [5, 5.41) is 1.61. The highest BCUT2D eigenvalue weighted by molar-refractivity contribution is 7.78. The van der Waals surface area contributed by atoms with E-state index in [0.717, 1.165) is 10.6 Å². The van der Waals surface area contributed by atoms with Gasteiger partial charge in [-0.2, -0.15) is 0 Å². The summed E-state index contributed by atoms with van der Waals surface area (Å²) < 4.78 is 32.7. The molecule has 2 aromatic rings. The van der Waals surface area contributed by atoms with Gasteiger partial charge in [0.15, 0.2) is 0 Å². The molecule has 0 aliphatic carbocycles. The maximum atomic E-state index is 14.6. The van der Waals surface area contributed by atoms with Crippen molar-refractivity contribution in [3.63, 3.8) is 0 Å². The van der Waals surface area contributed by atoms with Crippen molar-refractivity contribution < 1.29 is 23.4 Å². The lowest BCUT2D eigenvalue weighted by atomic mass is 9.71. The Morgan fingerprint density at radius 3 is 1.84 bits per heavy atom. The zero-order chi connectivity index (χ0) is 23.4. The first-order valence-corrected chi connectivity index (χ1v) is 13.2. The summed E-state index contributed by atoms with van der Waals surface area (Å²) in [5.74, 6) is -0.459. The van der Waals surface area contributed by atoms with Crippen molar-refractivity contribution in [1.29, 1.82) is 0 Å². The third kappa shape index (κ3) is 5.36. The first kappa shape index (κ1) is 24.8. The topological polar surface area (TPSA) is 61.8 Å². The lowest BCUT2D eigenvalue weighted by Crippen LogP contribution is -2.41. The predicted molar refractivity (Wildman–Crippen MR) is 130 cm³/mol. The molecule has 0 unspecified atom stereocenters. The van der Waals surface area contributed by atoms with Gasteiger partial charge in [-0.15, -0.1) is 0 Å². The fraction of sp³-hybridized carbons (Fsp3) is 0.480. The van der Waals surface area contributed by atoms with Crippen LogP contribution >= 0.6 is 7.14 Å². The minimum absolute atomic E-state index is 0.216. The van der Waals surface area contributed by atoms with Gasteiger partial charge in [0.05, 0.1) is 17.8 Å². The molecule has 1 heterocycles. The summed E-state index contributed by atoms with van der Waals surface area (Å²) in [6.45, 7) is 10.0. The quantitative estimate of drug-likeness (QED) is 0.308. The van der Waals surface area contributed by atoms with Crippen LogP contribution in [0.3, 0.4) is 0 Å². The van der Waals surface area contributed by atoms with Crippen LogP contribution in [0, 0.1) is 0 Å². The zero-order valence-electron chi connectivity index (χ0n) is 19.7. The zero-order valence-corrected chi connectivity index (χ0v) is 20.6. The molecule has 5 nitrogen and oxygen atoms in total. The molecule has 7 heteroatoms. The third-order valence-electron chi connectivity index (χ3n) is 6.53. The van der Waals surface area contributed by atoms with Crippen molar-refractivity contribution in [2.75, 3.05) is 12.8 Å². The van der Waals surface area contributed by atoms with Crippen LogP contribution in [0.5, 0.6) is 0 Å². The van der Waals surface area contributed by atoms with Crippen LogP contribution in [0.4, 0.5) is 0 Å². The molecule has 1 atom stereocenters. The van der Waals surface area contributed by atoms with Gasteiger partial charge in [-0.05, 0) is 34.1 Å². The minimum atomic E-state index is -2.99. The highest BCUT2D eigenvalue weighted by Crippen LogP contribution is 2.50. The Balaban J connectivity index is 1.95. The first-order valence-electron chi connectivity index (χ1n) is 11.3. The van der Waals surface area contributed by atoms with Gasteiger partial charge in [0, 0.05) is 29.0 Å². The largest absolute Gasteiger partial charge is 0.466 e. The number of carbonyl (C=O) groups is 1. The lowest BCUT2D eigenvalue weighted by molar-refractivity contribution is -0.143. The second kappa shape index (κ2) is 9.95. The number of ether oxygens (including phenoxy) is 1. The molecule has 0 radical (unpaired) electrons. The predicted octanol–water partition coefficient (Wildman–Crippen LogP) is 4.81. The minimum Gasteiger partial charge on any atom is -0.466 e. The molecule has 1 aliphatic heterocycles. The van der Waals surface area contributed by atoms with E-state index in [1.807, 2.05) is 88.4 Å². The number of hydrogen-bond donors (Lipinski definition) is 0. The molecule has 0 spiro atoms. The molecule has 1 saturated heterocycles. The molecule has 0 saturated carbocycles. The van der Waals surface area contributed by atoms with Gasteiger partial charge < -0.3 is 18.6 Å². The smallest absolute Gasteiger partial charge is 0.461 e. The fourth-order valence-corrected chi connectivity index (χ4v) is 6.89. The number of rotatable bonds is 9. The van der Waals surface area contributed by atoms with Crippen molar-refractivity contribution in [1.82, 2.24) is 0 Å². The van der Waals surface area contributed by atoms with Gasteiger partial charge in [-0.3, -0.25) is 4.79 Å². The van der Waals surface area contributed by atoms with Crippen LogP contribution in [0.1, 0.15) is 47.5 Å². The molecule has 1 fully saturated rings. The number of benzene rings is 2. The molecule has 3 rings (SSSR count). The average Bonchev–Trinajstić information content (AvgIpc) is 3.00. The molecular weight excluding hydrogens is 422 g/mol. The first-order chi connectivity index (χ1) is 15.1. The summed E-state index contributed by atoms with van der Waals surface area (Å²) >= 11 is 0. The van der Waals surface area contributed by atoms with E-state index in [4.69, 9.17) is 14.0 Å². The molecule has 172 valence electrons. The van der Waals surface area contributed by atoms with Crippen LogP contribution in [-0.4, -0.2) is 37.1 Å². The van der Waals surface area contributed by atoms with Crippen LogP contribution in [0.25, 0.3) is 0 Å². The van der Waals surface area contributed by atoms with Gasteiger partial charge in [0.1, 0.15) is 7.14 Å². The van der Waals surface area contributed by atoms with Crippen molar-refractivity contribution in [3.05, 3.63) is 60.7 Å².